The lowest BCUT2D eigenvalue weighted by Gasteiger charge is -2.08. The van der Waals surface area contributed by atoms with Crippen LogP contribution in [0.15, 0.2) is 48.5 Å². The highest BCUT2D eigenvalue weighted by Crippen LogP contribution is 2.12. The van der Waals surface area contributed by atoms with Gasteiger partial charge in [-0.15, -0.1) is 0 Å². The Balaban J connectivity index is 1.67. The van der Waals surface area contributed by atoms with Crippen molar-refractivity contribution in [2.45, 2.75) is 26.3 Å². The lowest BCUT2D eigenvalue weighted by Crippen LogP contribution is -2.12. The standard InChI is InChI=1S/C18H22N2O2/c1-14-4-10-17(11-5-14)22-12-2-3-18(21)20-16-8-6-15(13-19)7-9-16/h4-11H,2-3,12-13,19H2,1H3,(H,20,21). The predicted octanol–water partition coefficient (Wildman–Crippen LogP) is 3.25. The van der Waals surface area contributed by atoms with Gasteiger partial charge < -0.3 is 15.8 Å². The summed E-state index contributed by atoms with van der Waals surface area (Å²) in [5, 5.41) is 2.86. The van der Waals surface area contributed by atoms with Crippen LogP contribution in [0, 0.1) is 6.92 Å². The fourth-order valence-electron chi connectivity index (χ4n) is 2.00. The first kappa shape index (κ1) is 16.0. The Morgan fingerprint density at radius 2 is 1.77 bits per heavy atom. The molecular formula is C18H22N2O2. The molecule has 2 rings (SSSR count). The Morgan fingerprint density at radius 3 is 2.41 bits per heavy atom. The van der Waals surface area contributed by atoms with Crippen molar-refractivity contribution in [3.8, 4) is 5.75 Å². The van der Waals surface area contributed by atoms with Crippen molar-refractivity contribution in [3.63, 3.8) is 0 Å². The zero-order chi connectivity index (χ0) is 15.8. The molecule has 3 N–H and O–H groups in total. The Hall–Kier alpha value is -2.33. The van der Waals surface area contributed by atoms with Crippen molar-refractivity contribution in [2.24, 2.45) is 5.73 Å². The molecule has 0 aliphatic heterocycles. The van der Waals surface area contributed by atoms with Crippen LogP contribution >= 0.6 is 0 Å². The summed E-state index contributed by atoms with van der Waals surface area (Å²) in [4.78, 5) is 11.8. The van der Waals surface area contributed by atoms with Crippen LogP contribution in [0.5, 0.6) is 5.75 Å². The summed E-state index contributed by atoms with van der Waals surface area (Å²) >= 11 is 0. The molecule has 2 aromatic rings. The number of rotatable bonds is 7. The van der Waals surface area contributed by atoms with Gasteiger partial charge in [0.2, 0.25) is 5.91 Å². The lowest BCUT2D eigenvalue weighted by atomic mass is 10.2. The summed E-state index contributed by atoms with van der Waals surface area (Å²) in [7, 11) is 0. The smallest absolute Gasteiger partial charge is 0.224 e. The van der Waals surface area contributed by atoms with Gasteiger partial charge in [-0.25, -0.2) is 0 Å². The third-order valence-corrected chi connectivity index (χ3v) is 3.31. The van der Waals surface area contributed by atoms with E-state index in [2.05, 4.69) is 5.32 Å². The number of hydrogen-bond acceptors (Lipinski definition) is 3. The van der Waals surface area contributed by atoms with E-state index < -0.39 is 0 Å². The van der Waals surface area contributed by atoms with E-state index in [1.165, 1.54) is 5.56 Å². The van der Waals surface area contributed by atoms with Gasteiger partial charge in [0.05, 0.1) is 6.61 Å². The molecule has 116 valence electrons. The Bertz CT molecular complexity index is 591. The van der Waals surface area contributed by atoms with E-state index >= 15 is 0 Å². The molecule has 0 spiro atoms. The number of benzene rings is 2. The second-order valence-electron chi connectivity index (χ2n) is 5.21. The van der Waals surface area contributed by atoms with Crippen molar-refractivity contribution in [1.82, 2.24) is 0 Å². The monoisotopic (exact) mass is 298 g/mol. The van der Waals surface area contributed by atoms with Crippen molar-refractivity contribution in [3.05, 3.63) is 59.7 Å². The molecule has 0 atom stereocenters. The Labute approximate surface area is 131 Å². The molecule has 0 aliphatic rings. The van der Waals surface area contributed by atoms with Crippen molar-refractivity contribution in [2.75, 3.05) is 11.9 Å². The van der Waals surface area contributed by atoms with Crippen LogP contribution in [0.4, 0.5) is 5.69 Å². The summed E-state index contributed by atoms with van der Waals surface area (Å²) < 4.78 is 5.60. The fraction of sp³-hybridized carbons (Fsp3) is 0.278. The molecule has 1 amide bonds. The fourth-order valence-corrected chi connectivity index (χ4v) is 2.00. The predicted molar refractivity (Wildman–Crippen MR) is 88.9 cm³/mol. The summed E-state index contributed by atoms with van der Waals surface area (Å²) in [6.45, 7) is 3.07. The van der Waals surface area contributed by atoms with E-state index in [0.29, 0.717) is 26.0 Å². The highest BCUT2D eigenvalue weighted by molar-refractivity contribution is 5.90. The van der Waals surface area contributed by atoms with Gasteiger partial charge in [0.25, 0.3) is 0 Å². The van der Waals surface area contributed by atoms with Crippen LogP contribution < -0.4 is 15.8 Å². The highest BCUT2D eigenvalue weighted by atomic mass is 16.5. The van der Waals surface area contributed by atoms with E-state index in [-0.39, 0.29) is 5.91 Å². The molecule has 2 aromatic carbocycles. The average molecular weight is 298 g/mol. The number of ether oxygens (including phenoxy) is 1. The highest BCUT2D eigenvalue weighted by Gasteiger charge is 2.03. The van der Waals surface area contributed by atoms with E-state index in [1.807, 2.05) is 55.5 Å². The van der Waals surface area contributed by atoms with Gasteiger partial charge in [-0.1, -0.05) is 29.8 Å². The maximum Gasteiger partial charge on any atom is 0.224 e. The number of hydrogen-bond donors (Lipinski definition) is 2. The normalized spacial score (nSPS) is 10.3. The molecule has 4 heteroatoms. The van der Waals surface area contributed by atoms with E-state index in [0.717, 1.165) is 17.0 Å². The summed E-state index contributed by atoms with van der Waals surface area (Å²) in [6, 6.07) is 15.4. The number of nitrogens with one attached hydrogen (secondary N) is 1. The van der Waals surface area contributed by atoms with E-state index in [9.17, 15) is 4.79 Å². The number of nitrogens with two attached hydrogens (primary N) is 1. The van der Waals surface area contributed by atoms with Gasteiger partial charge in [0, 0.05) is 18.7 Å². The molecule has 4 nitrogen and oxygen atoms in total. The van der Waals surface area contributed by atoms with Crippen molar-refractivity contribution >= 4 is 11.6 Å². The molecule has 22 heavy (non-hydrogen) atoms. The molecular weight excluding hydrogens is 276 g/mol. The van der Waals surface area contributed by atoms with Crippen LogP contribution in [-0.4, -0.2) is 12.5 Å². The van der Waals surface area contributed by atoms with Crippen LogP contribution in [0.25, 0.3) is 0 Å². The summed E-state index contributed by atoms with van der Waals surface area (Å²) in [5.74, 6) is 0.830. The third kappa shape index (κ3) is 5.22. The Kier molecular flexibility index (Phi) is 5.98. The average Bonchev–Trinajstić information content (AvgIpc) is 2.54. The second kappa shape index (κ2) is 8.20. The number of anilines is 1. The zero-order valence-corrected chi connectivity index (χ0v) is 12.8. The molecule has 0 aromatic heterocycles. The SMILES string of the molecule is Cc1ccc(OCCCC(=O)Nc2ccc(CN)cc2)cc1. The molecule has 0 heterocycles. The Morgan fingerprint density at radius 1 is 1.09 bits per heavy atom. The number of aryl methyl sites for hydroxylation is 1. The van der Waals surface area contributed by atoms with Crippen LogP contribution in [0.3, 0.4) is 0 Å². The number of carbonyl (C=O) groups is 1. The van der Waals surface area contributed by atoms with Crippen molar-refractivity contribution < 1.29 is 9.53 Å². The van der Waals surface area contributed by atoms with Crippen LogP contribution in [-0.2, 0) is 11.3 Å². The topological polar surface area (TPSA) is 64.3 Å². The lowest BCUT2D eigenvalue weighted by molar-refractivity contribution is -0.116. The van der Waals surface area contributed by atoms with E-state index in [4.69, 9.17) is 10.5 Å². The third-order valence-electron chi connectivity index (χ3n) is 3.31. The van der Waals surface area contributed by atoms with Gasteiger partial charge in [0.1, 0.15) is 5.75 Å². The summed E-state index contributed by atoms with van der Waals surface area (Å²) in [5.41, 5.74) is 8.58. The molecule has 0 unspecified atom stereocenters. The van der Waals surface area contributed by atoms with Gasteiger partial charge in [-0.3, -0.25) is 4.79 Å². The van der Waals surface area contributed by atoms with Crippen molar-refractivity contribution in [1.29, 1.82) is 0 Å². The molecule has 0 radical (unpaired) electrons. The first-order chi connectivity index (χ1) is 10.7. The van der Waals surface area contributed by atoms with Gasteiger partial charge in [-0.05, 0) is 43.2 Å². The van der Waals surface area contributed by atoms with E-state index in [1.54, 1.807) is 0 Å². The van der Waals surface area contributed by atoms with Gasteiger partial charge in [0.15, 0.2) is 0 Å². The molecule has 0 saturated heterocycles. The minimum atomic E-state index is -0.00648. The molecule has 0 aliphatic carbocycles. The van der Waals surface area contributed by atoms with Gasteiger partial charge >= 0.3 is 0 Å². The summed E-state index contributed by atoms with van der Waals surface area (Å²) in [6.07, 6.45) is 1.12. The largest absolute Gasteiger partial charge is 0.494 e. The number of amides is 1. The zero-order valence-electron chi connectivity index (χ0n) is 12.8. The first-order valence-corrected chi connectivity index (χ1v) is 7.46. The van der Waals surface area contributed by atoms with Crippen LogP contribution in [0.1, 0.15) is 24.0 Å². The minimum Gasteiger partial charge on any atom is -0.494 e. The number of carbonyl (C=O) groups excluding carboxylic acids is 1. The van der Waals surface area contributed by atoms with Crippen LogP contribution in [0.2, 0.25) is 0 Å². The maximum absolute atomic E-state index is 11.8. The quantitative estimate of drug-likeness (QED) is 0.771. The molecule has 0 saturated carbocycles. The minimum absolute atomic E-state index is 0.00648. The molecule has 0 bridgehead atoms. The maximum atomic E-state index is 11.8. The van der Waals surface area contributed by atoms with Gasteiger partial charge in [-0.2, -0.15) is 0 Å². The first-order valence-electron chi connectivity index (χ1n) is 7.46. The molecule has 0 fully saturated rings. The second-order valence-corrected chi connectivity index (χ2v) is 5.21.